The number of nitrogens with zero attached hydrogens (tertiary/aromatic N) is 1. The summed E-state index contributed by atoms with van der Waals surface area (Å²) in [5.41, 5.74) is 1.38. The summed E-state index contributed by atoms with van der Waals surface area (Å²) in [5, 5.41) is -0.130. The molecule has 1 aromatic rings. The van der Waals surface area contributed by atoms with Gasteiger partial charge in [-0.1, -0.05) is 19.9 Å². The number of carbonyl (C=O) groups is 2. The molecular formula is C19H25NO5S. The van der Waals surface area contributed by atoms with E-state index in [2.05, 4.69) is 13.8 Å². The molecule has 1 saturated heterocycles. The average molecular weight is 379 g/mol. The number of carbonyl (C=O) groups excluding carboxylic acids is 2. The molecule has 2 aliphatic heterocycles. The number of benzene rings is 1. The molecule has 0 spiro atoms. The number of amides is 1. The van der Waals surface area contributed by atoms with Crippen LogP contribution in [0.4, 0.5) is 0 Å². The minimum atomic E-state index is -0.397. The Balaban J connectivity index is 1.92. The predicted molar refractivity (Wildman–Crippen MR) is 99.3 cm³/mol. The van der Waals surface area contributed by atoms with Gasteiger partial charge in [-0.05, 0) is 23.8 Å². The summed E-state index contributed by atoms with van der Waals surface area (Å²) >= 11 is 1.74. The fourth-order valence-electron chi connectivity index (χ4n) is 2.95. The first-order chi connectivity index (χ1) is 12.5. The van der Waals surface area contributed by atoms with Crippen LogP contribution in [0.1, 0.15) is 35.1 Å². The molecule has 0 aliphatic carbocycles. The standard InChI is InChI=1S/C19H25NO5S/c1-12(2)11-26-18-15-5-4-13(19(22)23-3)8-16(15)25-7-6-20(18)17(21)14-9-24-10-14/h4-5,8,12,14,18H,6-7,9-11H2,1-3H3. The van der Waals surface area contributed by atoms with Crippen molar-refractivity contribution in [2.24, 2.45) is 11.8 Å². The molecule has 2 heterocycles. The van der Waals surface area contributed by atoms with E-state index >= 15 is 0 Å². The molecule has 3 rings (SSSR count). The van der Waals surface area contributed by atoms with E-state index in [0.29, 0.717) is 43.6 Å². The second-order valence-electron chi connectivity index (χ2n) is 6.94. The Hall–Kier alpha value is -1.73. The molecule has 1 fully saturated rings. The smallest absolute Gasteiger partial charge is 0.337 e. The highest BCUT2D eigenvalue weighted by molar-refractivity contribution is 7.99. The predicted octanol–water partition coefficient (Wildman–Crippen LogP) is 2.73. The molecule has 1 unspecified atom stereocenters. The number of esters is 1. The Kier molecular flexibility index (Phi) is 6.09. The Bertz CT molecular complexity index is 674. The molecule has 0 saturated carbocycles. The summed E-state index contributed by atoms with van der Waals surface area (Å²) in [7, 11) is 1.36. The highest BCUT2D eigenvalue weighted by Crippen LogP contribution is 2.41. The van der Waals surface area contributed by atoms with Gasteiger partial charge in [0, 0.05) is 5.56 Å². The zero-order chi connectivity index (χ0) is 18.7. The van der Waals surface area contributed by atoms with Gasteiger partial charge in [-0.3, -0.25) is 4.79 Å². The van der Waals surface area contributed by atoms with E-state index in [1.54, 1.807) is 23.9 Å². The second-order valence-corrected chi connectivity index (χ2v) is 8.05. The molecule has 7 heteroatoms. The molecule has 6 nitrogen and oxygen atoms in total. The lowest BCUT2D eigenvalue weighted by atomic mass is 10.1. The van der Waals surface area contributed by atoms with E-state index in [4.69, 9.17) is 14.2 Å². The molecule has 26 heavy (non-hydrogen) atoms. The van der Waals surface area contributed by atoms with Crippen molar-refractivity contribution in [1.29, 1.82) is 0 Å². The third-order valence-electron chi connectivity index (χ3n) is 4.43. The largest absolute Gasteiger partial charge is 0.491 e. The van der Waals surface area contributed by atoms with Gasteiger partial charge in [-0.25, -0.2) is 4.79 Å². The number of ether oxygens (including phenoxy) is 3. The van der Waals surface area contributed by atoms with Crippen LogP contribution < -0.4 is 4.74 Å². The van der Waals surface area contributed by atoms with Gasteiger partial charge in [0.05, 0.1) is 38.3 Å². The van der Waals surface area contributed by atoms with Crippen molar-refractivity contribution in [2.75, 3.05) is 39.2 Å². The SMILES string of the molecule is COC(=O)c1ccc2c(c1)OCCN(C(=O)C1COC1)C2SCC(C)C. The van der Waals surface area contributed by atoms with Crippen LogP contribution in [0.2, 0.25) is 0 Å². The summed E-state index contributed by atoms with van der Waals surface area (Å²) in [6.07, 6.45) is 0. The van der Waals surface area contributed by atoms with Crippen LogP contribution >= 0.6 is 11.8 Å². The summed E-state index contributed by atoms with van der Waals surface area (Å²) < 4.78 is 15.9. The summed E-state index contributed by atoms with van der Waals surface area (Å²) in [6, 6.07) is 5.32. The zero-order valence-corrected chi connectivity index (χ0v) is 16.2. The molecule has 0 N–H and O–H groups in total. The number of fused-ring (bicyclic) bond motifs is 1. The van der Waals surface area contributed by atoms with Crippen molar-refractivity contribution in [3.05, 3.63) is 29.3 Å². The lowest BCUT2D eigenvalue weighted by Crippen LogP contribution is -2.46. The minimum absolute atomic E-state index is 0.0620. The zero-order valence-electron chi connectivity index (χ0n) is 15.4. The van der Waals surface area contributed by atoms with E-state index in [0.717, 1.165) is 11.3 Å². The maximum Gasteiger partial charge on any atom is 0.337 e. The van der Waals surface area contributed by atoms with Crippen molar-refractivity contribution >= 4 is 23.6 Å². The van der Waals surface area contributed by atoms with Crippen molar-refractivity contribution < 1.29 is 23.8 Å². The van der Waals surface area contributed by atoms with Crippen LogP contribution in [0, 0.1) is 11.8 Å². The van der Waals surface area contributed by atoms with Crippen LogP contribution in [0.25, 0.3) is 0 Å². The first-order valence-corrected chi connectivity index (χ1v) is 9.91. The van der Waals surface area contributed by atoms with Crippen molar-refractivity contribution in [3.8, 4) is 5.75 Å². The highest BCUT2D eigenvalue weighted by atomic mass is 32.2. The minimum Gasteiger partial charge on any atom is -0.491 e. The Labute approximate surface area is 158 Å². The fraction of sp³-hybridized carbons (Fsp3) is 0.579. The molecule has 1 aromatic carbocycles. The molecule has 2 aliphatic rings. The Morgan fingerprint density at radius 1 is 1.35 bits per heavy atom. The molecule has 142 valence electrons. The number of hydrogen-bond donors (Lipinski definition) is 0. The maximum absolute atomic E-state index is 12.9. The third kappa shape index (κ3) is 3.99. The lowest BCUT2D eigenvalue weighted by Gasteiger charge is -2.35. The van der Waals surface area contributed by atoms with Gasteiger partial charge in [0.25, 0.3) is 0 Å². The van der Waals surface area contributed by atoms with E-state index < -0.39 is 5.97 Å². The first kappa shape index (κ1) is 19.0. The fourth-order valence-corrected chi connectivity index (χ4v) is 4.28. The first-order valence-electron chi connectivity index (χ1n) is 8.86. The molecule has 1 atom stereocenters. The molecule has 0 bridgehead atoms. The van der Waals surface area contributed by atoms with Gasteiger partial charge in [0.2, 0.25) is 5.91 Å². The van der Waals surface area contributed by atoms with Gasteiger partial charge in [0.1, 0.15) is 17.7 Å². The second kappa shape index (κ2) is 8.31. The number of thioether (sulfide) groups is 1. The van der Waals surface area contributed by atoms with Gasteiger partial charge in [-0.15, -0.1) is 11.8 Å². The van der Waals surface area contributed by atoms with E-state index in [9.17, 15) is 9.59 Å². The number of rotatable bonds is 5. The molecule has 0 aromatic heterocycles. The Morgan fingerprint density at radius 2 is 2.12 bits per heavy atom. The molecule has 0 radical (unpaired) electrons. The third-order valence-corrected chi connectivity index (χ3v) is 6.11. The molecular weight excluding hydrogens is 354 g/mol. The summed E-state index contributed by atoms with van der Waals surface area (Å²) in [5.74, 6) is 1.74. The van der Waals surface area contributed by atoms with Gasteiger partial charge < -0.3 is 19.1 Å². The normalized spacial score (nSPS) is 20.0. The Morgan fingerprint density at radius 3 is 2.73 bits per heavy atom. The van der Waals surface area contributed by atoms with Crippen LogP contribution in [0.5, 0.6) is 5.75 Å². The van der Waals surface area contributed by atoms with Crippen molar-refractivity contribution in [2.45, 2.75) is 19.2 Å². The van der Waals surface area contributed by atoms with Crippen molar-refractivity contribution in [1.82, 2.24) is 4.90 Å². The summed E-state index contributed by atoms with van der Waals surface area (Å²) in [4.78, 5) is 26.7. The highest BCUT2D eigenvalue weighted by Gasteiger charge is 2.37. The van der Waals surface area contributed by atoms with Crippen LogP contribution in [-0.4, -0.2) is 56.0 Å². The average Bonchev–Trinajstić information content (AvgIpc) is 2.76. The van der Waals surface area contributed by atoms with Crippen LogP contribution in [0.3, 0.4) is 0 Å². The van der Waals surface area contributed by atoms with Gasteiger partial charge in [-0.2, -0.15) is 0 Å². The van der Waals surface area contributed by atoms with Crippen molar-refractivity contribution in [3.63, 3.8) is 0 Å². The van der Waals surface area contributed by atoms with Gasteiger partial charge in [0.15, 0.2) is 0 Å². The monoisotopic (exact) mass is 379 g/mol. The number of hydrogen-bond acceptors (Lipinski definition) is 6. The van der Waals surface area contributed by atoms with E-state index in [-0.39, 0.29) is 17.2 Å². The lowest BCUT2D eigenvalue weighted by molar-refractivity contribution is -0.150. The van der Waals surface area contributed by atoms with Crippen LogP contribution in [-0.2, 0) is 14.3 Å². The maximum atomic E-state index is 12.9. The van der Waals surface area contributed by atoms with E-state index in [1.807, 2.05) is 11.0 Å². The topological polar surface area (TPSA) is 65.1 Å². The summed E-state index contributed by atoms with van der Waals surface area (Å²) in [6.45, 7) is 6.22. The van der Waals surface area contributed by atoms with Crippen LogP contribution in [0.15, 0.2) is 18.2 Å². The molecule has 1 amide bonds. The quantitative estimate of drug-likeness (QED) is 0.733. The number of methoxy groups -OCH3 is 1. The van der Waals surface area contributed by atoms with E-state index in [1.165, 1.54) is 7.11 Å². The van der Waals surface area contributed by atoms with Gasteiger partial charge >= 0.3 is 5.97 Å².